The van der Waals surface area contributed by atoms with E-state index in [2.05, 4.69) is 20.8 Å². The lowest BCUT2D eigenvalue weighted by atomic mass is 10.1. The van der Waals surface area contributed by atoms with Crippen molar-refractivity contribution in [1.29, 1.82) is 0 Å². The van der Waals surface area contributed by atoms with Gasteiger partial charge in [-0.05, 0) is 55.3 Å². The fourth-order valence-electron chi connectivity index (χ4n) is 2.57. The summed E-state index contributed by atoms with van der Waals surface area (Å²) in [7, 11) is 0. The van der Waals surface area contributed by atoms with Crippen LogP contribution in [0.25, 0.3) is 0 Å². The van der Waals surface area contributed by atoms with Crippen molar-refractivity contribution < 1.29 is 4.79 Å². The number of nitrogens with zero attached hydrogens (tertiary/aromatic N) is 2. The van der Waals surface area contributed by atoms with Gasteiger partial charge in [0.15, 0.2) is 0 Å². The average molecular weight is 413 g/mol. The predicted octanol–water partition coefficient (Wildman–Crippen LogP) is 5.09. The molecule has 0 radical (unpaired) electrons. The number of benzene rings is 2. The van der Waals surface area contributed by atoms with Crippen molar-refractivity contribution >= 4 is 40.8 Å². The van der Waals surface area contributed by atoms with Gasteiger partial charge in [-0.25, -0.2) is 0 Å². The molecule has 0 aliphatic rings. The molecule has 5 nitrogen and oxygen atoms in total. The van der Waals surface area contributed by atoms with Gasteiger partial charge in [-0.1, -0.05) is 53.2 Å². The molecule has 7 heteroatoms. The number of aryl methyl sites for hydroxylation is 2. The average Bonchev–Trinajstić information content (AvgIpc) is 2.69. The molecule has 3 aromatic rings. The highest BCUT2D eigenvalue weighted by Crippen LogP contribution is 2.19. The number of thioether (sulfide) groups is 1. The number of halogens is 1. The predicted molar refractivity (Wildman–Crippen MR) is 116 cm³/mol. The van der Waals surface area contributed by atoms with Crippen LogP contribution in [-0.4, -0.2) is 21.9 Å². The lowest BCUT2D eigenvalue weighted by Gasteiger charge is -2.09. The molecule has 0 unspecified atom stereocenters. The molecule has 0 spiro atoms. The molecule has 0 bridgehead atoms. The molecule has 3 rings (SSSR count). The van der Waals surface area contributed by atoms with Crippen LogP contribution in [0.15, 0.2) is 59.6 Å². The molecular formula is C21H21ClN4OS. The molecule has 0 saturated carbocycles. The van der Waals surface area contributed by atoms with E-state index in [0.717, 1.165) is 16.8 Å². The van der Waals surface area contributed by atoms with Gasteiger partial charge in [-0.2, -0.15) is 0 Å². The summed E-state index contributed by atoms with van der Waals surface area (Å²) < 4.78 is 0. The fourth-order valence-corrected chi connectivity index (χ4v) is 3.31. The SMILES string of the molecule is Cc1ccc(NC(=O)CSc2ccc(NCc3ccc(Cl)cc3)nn2)c(C)c1. The number of anilines is 2. The maximum absolute atomic E-state index is 12.2. The van der Waals surface area contributed by atoms with E-state index in [1.165, 1.54) is 17.3 Å². The third-order valence-electron chi connectivity index (χ3n) is 4.03. The second kappa shape index (κ2) is 9.57. The van der Waals surface area contributed by atoms with Crippen molar-refractivity contribution in [2.45, 2.75) is 25.4 Å². The lowest BCUT2D eigenvalue weighted by Crippen LogP contribution is -2.15. The van der Waals surface area contributed by atoms with Crippen molar-refractivity contribution in [3.63, 3.8) is 0 Å². The Morgan fingerprint density at radius 3 is 2.50 bits per heavy atom. The van der Waals surface area contributed by atoms with E-state index in [4.69, 9.17) is 11.6 Å². The third-order valence-corrected chi connectivity index (χ3v) is 5.21. The lowest BCUT2D eigenvalue weighted by molar-refractivity contribution is -0.113. The molecule has 1 heterocycles. The van der Waals surface area contributed by atoms with Crippen LogP contribution < -0.4 is 10.6 Å². The van der Waals surface area contributed by atoms with Gasteiger partial charge in [0, 0.05) is 17.3 Å². The highest BCUT2D eigenvalue weighted by atomic mass is 35.5. The number of nitrogens with one attached hydrogen (secondary N) is 2. The number of hydrogen-bond donors (Lipinski definition) is 2. The molecule has 28 heavy (non-hydrogen) atoms. The normalized spacial score (nSPS) is 10.5. The van der Waals surface area contributed by atoms with Crippen molar-refractivity contribution in [3.8, 4) is 0 Å². The molecule has 2 N–H and O–H groups in total. The zero-order valence-electron chi connectivity index (χ0n) is 15.7. The minimum absolute atomic E-state index is 0.0660. The standard InChI is InChI=1S/C21H21ClN4OS/c1-14-3-8-18(15(2)11-14)24-20(27)13-28-21-10-9-19(25-26-21)23-12-16-4-6-17(22)7-5-16/h3-11H,12-13H2,1-2H3,(H,23,25)(H,24,27). The van der Waals surface area contributed by atoms with Crippen LogP contribution in [0.1, 0.15) is 16.7 Å². The van der Waals surface area contributed by atoms with Gasteiger partial charge < -0.3 is 10.6 Å². The van der Waals surface area contributed by atoms with E-state index in [1.54, 1.807) is 0 Å². The van der Waals surface area contributed by atoms with Gasteiger partial charge >= 0.3 is 0 Å². The number of rotatable bonds is 7. The first kappa shape index (κ1) is 20.2. The summed E-state index contributed by atoms with van der Waals surface area (Å²) in [5.74, 6) is 0.891. The number of aromatic nitrogens is 2. The second-order valence-corrected chi connectivity index (χ2v) is 7.82. The Bertz CT molecular complexity index is 946. The Morgan fingerprint density at radius 2 is 1.82 bits per heavy atom. The Labute approximate surface area is 173 Å². The van der Waals surface area contributed by atoms with Crippen LogP contribution in [0.5, 0.6) is 0 Å². The van der Waals surface area contributed by atoms with Crippen molar-refractivity contribution in [3.05, 3.63) is 76.3 Å². The minimum atomic E-state index is -0.0660. The minimum Gasteiger partial charge on any atom is -0.365 e. The van der Waals surface area contributed by atoms with Crippen LogP contribution in [0, 0.1) is 13.8 Å². The monoisotopic (exact) mass is 412 g/mol. The molecule has 0 saturated heterocycles. The quantitative estimate of drug-likeness (QED) is 0.529. The van der Waals surface area contributed by atoms with E-state index in [0.29, 0.717) is 22.4 Å². The number of carbonyl (C=O) groups is 1. The van der Waals surface area contributed by atoms with Crippen LogP contribution in [-0.2, 0) is 11.3 Å². The first-order valence-corrected chi connectivity index (χ1v) is 10.2. The number of carbonyl (C=O) groups excluding carboxylic acids is 1. The summed E-state index contributed by atoms with van der Waals surface area (Å²) in [5, 5.41) is 15.9. The molecule has 0 atom stereocenters. The Morgan fingerprint density at radius 1 is 1.04 bits per heavy atom. The number of amides is 1. The van der Waals surface area contributed by atoms with Crippen LogP contribution in [0.4, 0.5) is 11.5 Å². The molecule has 0 fully saturated rings. The topological polar surface area (TPSA) is 66.9 Å². The molecule has 2 aromatic carbocycles. The third kappa shape index (κ3) is 5.97. The van der Waals surface area contributed by atoms with Crippen molar-refractivity contribution in [2.24, 2.45) is 0 Å². The van der Waals surface area contributed by atoms with E-state index >= 15 is 0 Å². The first-order valence-electron chi connectivity index (χ1n) is 8.81. The Kier molecular flexibility index (Phi) is 6.90. The summed E-state index contributed by atoms with van der Waals surface area (Å²) >= 11 is 7.24. The molecule has 144 valence electrons. The van der Waals surface area contributed by atoms with E-state index in [9.17, 15) is 4.79 Å². The van der Waals surface area contributed by atoms with Gasteiger partial charge in [0.2, 0.25) is 5.91 Å². The summed E-state index contributed by atoms with van der Waals surface area (Å²) in [6.45, 7) is 4.65. The van der Waals surface area contributed by atoms with Gasteiger partial charge in [-0.3, -0.25) is 4.79 Å². The summed E-state index contributed by atoms with van der Waals surface area (Å²) in [4.78, 5) is 12.2. The molecular weight excluding hydrogens is 392 g/mol. The van der Waals surface area contributed by atoms with Crippen molar-refractivity contribution in [2.75, 3.05) is 16.4 Å². The summed E-state index contributed by atoms with van der Waals surface area (Å²) in [5.41, 5.74) is 4.16. The highest BCUT2D eigenvalue weighted by molar-refractivity contribution is 7.99. The van der Waals surface area contributed by atoms with Crippen LogP contribution >= 0.6 is 23.4 Å². The van der Waals surface area contributed by atoms with E-state index < -0.39 is 0 Å². The smallest absolute Gasteiger partial charge is 0.234 e. The van der Waals surface area contributed by atoms with Gasteiger partial charge in [-0.15, -0.1) is 10.2 Å². The zero-order valence-corrected chi connectivity index (χ0v) is 17.3. The fraction of sp³-hybridized carbons (Fsp3) is 0.190. The van der Waals surface area contributed by atoms with Crippen molar-refractivity contribution in [1.82, 2.24) is 10.2 Å². The highest BCUT2D eigenvalue weighted by Gasteiger charge is 2.07. The molecule has 0 aliphatic carbocycles. The van der Waals surface area contributed by atoms with Gasteiger partial charge in [0.1, 0.15) is 10.8 Å². The van der Waals surface area contributed by atoms with E-state index in [1.807, 2.05) is 68.4 Å². The largest absolute Gasteiger partial charge is 0.365 e. The number of hydrogen-bond acceptors (Lipinski definition) is 5. The summed E-state index contributed by atoms with van der Waals surface area (Å²) in [6, 6.07) is 17.3. The maximum atomic E-state index is 12.2. The van der Waals surface area contributed by atoms with Gasteiger partial charge in [0.05, 0.1) is 5.75 Å². The van der Waals surface area contributed by atoms with Crippen LogP contribution in [0.2, 0.25) is 5.02 Å². The zero-order chi connectivity index (χ0) is 19.9. The molecule has 1 amide bonds. The second-order valence-electron chi connectivity index (χ2n) is 6.39. The summed E-state index contributed by atoms with van der Waals surface area (Å²) in [6.07, 6.45) is 0. The Balaban J connectivity index is 1.47. The Hall–Kier alpha value is -2.57. The maximum Gasteiger partial charge on any atom is 0.234 e. The van der Waals surface area contributed by atoms with E-state index in [-0.39, 0.29) is 11.7 Å². The van der Waals surface area contributed by atoms with Gasteiger partial charge in [0.25, 0.3) is 0 Å². The molecule has 1 aromatic heterocycles. The van der Waals surface area contributed by atoms with Crippen LogP contribution in [0.3, 0.4) is 0 Å². The first-order chi connectivity index (χ1) is 13.5. The molecule has 0 aliphatic heterocycles.